The fourth-order valence-corrected chi connectivity index (χ4v) is 6.53. The van der Waals surface area contributed by atoms with Gasteiger partial charge in [-0.05, 0) is 58.2 Å². The highest BCUT2D eigenvalue weighted by Gasteiger charge is 2.36. The average Bonchev–Trinajstić information content (AvgIpc) is 3.32. The molecule has 9 nitrogen and oxygen atoms in total. The summed E-state index contributed by atoms with van der Waals surface area (Å²) < 4.78 is 32.3. The number of amides is 2. The van der Waals surface area contributed by atoms with Gasteiger partial charge in [0.1, 0.15) is 0 Å². The average molecular weight is 481 g/mol. The van der Waals surface area contributed by atoms with Gasteiger partial charge in [0.2, 0.25) is 0 Å². The number of carbonyl (C=O) groups is 1. The molecule has 0 unspecified atom stereocenters. The van der Waals surface area contributed by atoms with Gasteiger partial charge in [-0.3, -0.25) is 4.68 Å². The van der Waals surface area contributed by atoms with E-state index >= 15 is 0 Å². The summed E-state index contributed by atoms with van der Waals surface area (Å²) in [5, 5.41) is 7.12. The molecule has 32 heavy (non-hydrogen) atoms. The van der Waals surface area contributed by atoms with Crippen molar-refractivity contribution >= 4 is 39.0 Å². The standard InChI is InChI=1S/C21H32N6O3S2/c1-14(2)20-19(10-15(3)31-20)23-21(28)24-32(29,30)27(17-6-5-9-25(4)12-17)18-11-22-26(13-18)16-7-8-16/h10-11,13-14,16-17H,5-9,12H2,1-4H3,(H2,23,24,28)/t17-/m1/s1. The molecule has 11 heteroatoms. The Balaban J connectivity index is 1.57. The number of anilines is 2. The number of piperidine rings is 1. The number of aryl methyl sites for hydroxylation is 1. The van der Waals surface area contributed by atoms with Crippen molar-refractivity contribution in [1.82, 2.24) is 19.4 Å². The summed E-state index contributed by atoms with van der Waals surface area (Å²) in [6, 6.07) is 1.19. The number of nitrogens with one attached hydrogen (secondary N) is 2. The van der Waals surface area contributed by atoms with E-state index in [1.807, 2.05) is 38.6 Å². The first kappa shape index (κ1) is 23.1. The van der Waals surface area contributed by atoms with Gasteiger partial charge in [-0.25, -0.2) is 13.8 Å². The minimum absolute atomic E-state index is 0.225. The Hall–Kier alpha value is -2.11. The van der Waals surface area contributed by atoms with Crippen LogP contribution in [0.5, 0.6) is 0 Å². The maximum Gasteiger partial charge on any atom is 0.334 e. The van der Waals surface area contributed by atoms with Crippen LogP contribution in [0.1, 0.15) is 61.2 Å². The Morgan fingerprint density at radius 3 is 2.72 bits per heavy atom. The van der Waals surface area contributed by atoms with Gasteiger partial charge < -0.3 is 10.2 Å². The number of carbonyl (C=O) groups excluding carboxylic acids is 1. The van der Waals surface area contributed by atoms with E-state index in [0.29, 0.717) is 24.0 Å². The maximum atomic E-state index is 13.5. The van der Waals surface area contributed by atoms with Gasteiger partial charge in [-0.2, -0.15) is 13.5 Å². The monoisotopic (exact) mass is 480 g/mol. The van der Waals surface area contributed by atoms with Crippen LogP contribution in [-0.4, -0.2) is 55.3 Å². The molecule has 0 bridgehead atoms. The lowest BCUT2D eigenvalue weighted by Crippen LogP contribution is -2.54. The molecule has 2 N–H and O–H groups in total. The molecule has 1 aliphatic carbocycles. The number of nitrogens with zero attached hydrogens (tertiary/aromatic N) is 4. The molecule has 1 atom stereocenters. The van der Waals surface area contributed by atoms with E-state index in [1.54, 1.807) is 23.7 Å². The second-order valence-electron chi connectivity index (χ2n) is 9.11. The lowest BCUT2D eigenvalue weighted by Gasteiger charge is -2.37. The van der Waals surface area contributed by atoms with Crippen LogP contribution in [0.4, 0.5) is 16.2 Å². The van der Waals surface area contributed by atoms with Gasteiger partial charge in [0.25, 0.3) is 0 Å². The van der Waals surface area contributed by atoms with E-state index in [9.17, 15) is 13.2 Å². The fraction of sp³-hybridized carbons (Fsp3) is 0.619. The zero-order valence-corrected chi connectivity index (χ0v) is 20.7. The zero-order chi connectivity index (χ0) is 23.0. The lowest BCUT2D eigenvalue weighted by molar-refractivity contribution is 0.251. The Morgan fingerprint density at radius 1 is 1.31 bits per heavy atom. The molecular formula is C21H32N6O3S2. The molecule has 3 heterocycles. The highest BCUT2D eigenvalue weighted by Crippen LogP contribution is 2.36. The Bertz CT molecular complexity index is 1070. The summed E-state index contributed by atoms with van der Waals surface area (Å²) in [4.78, 5) is 17.0. The van der Waals surface area contributed by atoms with Crippen molar-refractivity contribution in [3.8, 4) is 0 Å². The van der Waals surface area contributed by atoms with E-state index in [1.165, 1.54) is 4.31 Å². The first-order chi connectivity index (χ1) is 15.1. The van der Waals surface area contributed by atoms with Crippen LogP contribution >= 0.6 is 11.3 Å². The fourth-order valence-electron chi connectivity index (χ4n) is 4.23. The molecule has 2 amide bonds. The zero-order valence-electron chi connectivity index (χ0n) is 19.0. The van der Waals surface area contributed by atoms with E-state index in [-0.39, 0.29) is 12.0 Å². The van der Waals surface area contributed by atoms with Crippen molar-refractivity contribution < 1.29 is 13.2 Å². The van der Waals surface area contributed by atoms with Crippen molar-refractivity contribution in [2.24, 2.45) is 0 Å². The molecule has 2 aliphatic rings. The third kappa shape index (κ3) is 5.10. The highest BCUT2D eigenvalue weighted by molar-refractivity contribution is 7.91. The summed E-state index contributed by atoms with van der Waals surface area (Å²) in [6.07, 6.45) is 7.09. The number of hydrogen-bond acceptors (Lipinski definition) is 6. The van der Waals surface area contributed by atoms with E-state index in [0.717, 1.165) is 42.0 Å². The first-order valence-electron chi connectivity index (χ1n) is 11.1. The van der Waals surface area contributed by atoms with Crippen LogP contribution in [0.2, 0.25) is 0 Å². The predicted octanol–water partition coefficient (Wildman–Crippen LogP) is 3.68. The molecular weight excluding hydrogens is 448 g/mol. The maximum absolute atomic E-state index is 13.5. The number of urea groups is 1. The van der Waals surface area contributed by atoms with Crippen LogP contribution < -0.4 is 14.3 Å². The normalized spacial score (nSPS) is 19.8. The van der Waals surface area contributed by atoms with Crippen LogP contribution in [0, 0.1) is 6.92 Å². The SMILES string of the molecule is Cc1cc(NC(=O)NS(=O)(=O)N(c2cnn(C3CC3)c2)[C@@H]2CCCN(C)C2)c(C(C)C)s1. The summed E-state index contributed by atoms with van der Waals surface area (Å²) in [7, 11) is -2.16. The van der Waals surface area contributed by atoms with E-state index < -0.39 is 16.2 Å². The predicted molar refractivity (Wildman–Crippen MR) is 128 cm³/mol. The quantitative estimate of drug-likeness (QED) is 0.630. The van der Waals surface area contributed by atoms with Gasteiger partial charge in [-0.15, -0.1) is 11.3 Å². The Kier molecular flexibility index (Phi) is 6.51. The molecule has 0 aromatic carbocycles. The number of thiophene rings is 1. The van der Waals surface area contributed by atoms with Crippen molar-refractivity contribution in [2.45, 2.75) is 64.5 Å². The molecule has 1 saturated carbocycles. The largest absolute Gasteiger partial charge is 0.334 e. The smallest absolute Gasteiger partial charge is 0.306 e. The second-order valence-corrected chi connectivity index (χ2v) is 12.0. The molecule has 1 saturated heterocycles. The summed E-state index contributed by atoms with van der Waals surface area (Å²) in [5.41, 5.74) is 1.15. The van der Waals surface area contributed by atoms with Crippen LogP contribution in [0.15, 0.2) is 18.5 Å². The highest BCUT2D eigenvalue weighted by atomic mass is 32.2. The van der Waals surface area contributed by atoms with Gasteiger partial charge in [0, 0.05) is 22.5 Å². The van der Waals surface area contributed by atoms with Gasteiger partial charge in [-0.1, -0.05) is 13.8 Å². The Labute approximate surface area is 194 Å². The molecule has 4 rings (SSSR count). The molecule has 1 aliphatic heterocycles. The van der Waals surface area contributed by atoms with Crippen LogP contribution in [0.3, 0.4) is 0 Å². The molecule has 2 fully saturated rings. The molecule has 2 aromatic heterocycles. The minimum atomic E-state index is -4.14. The molecule has 2 aromatic rings. The Morgan fingerprint density at radius 2 is 2.06 bits per heavy atom. The summed E-state index contributed by atoms with van der Waals surface area (Å²) >= 11 is 1.60. The van der Waals surface area contributed by atoms with Crippen molar-refractivity contribution in [2.75, 3.05) is 29.8 Å². The number of rotatable bonds is 7. The van der Waals surface area contributed by atoms with Crippen molar-refractivity contribution in [3.05, 3.63) is 28.2 Å². The summed E-state index contributed by atoms with van der Waals surface area (Å²) in [5.74, 6) is 0.225. The van der Waals surface area contributed by atoms with Gasteiger partial charge in [0.15, 0.2) is 0 Å². The van der Waals surface area contributed by atoms with Crippen molar-refractivity contribution in [3.63, 3.8) is 0 Å². The molecule has 176 valence electrons. The number of hydrogen-bond donors (Lipinski definition) is 2. The summed E-state index contributed by atoms with van der Waals surface area (Å²) in [6.45, 7) is 7.58. The van der Waals surface area contributed by atoms with Crippen molar-refractivity contribution in [1.29, 1.82) is 0 Å². The number of aromatic nitrogens is 2. The van der Waals surface area contributed by atoms with E-state index in [4.69, 9.17) is 0 Å². The third-order valence-corrected chi connectivity index (χ3v) is 8.65. The first-order valence-corrected chi connectivity index (χ1v) is 13.4. The molecule has 0 spiro atoms. The lowest BCUT2D eigenvalue weighted by atomic mass is 10.1. The van der Waals surface area contributed by atoms with Crippen LogP contribution in [0.25, 0.3) is 0 Å². The third-order valence-electron chi connectivity index (χ3n) is 5.83. The van der Waals surface area contributed by atoms with Crippen LogP contribution in [-0.2, 0) is 10.2 Å². The second kappa shape index (κ2) is 9.03. The number of likely N-dealkylation sites (tertiary alicyclic amines) is 1. The number of likely N-dealkylation sites (N-methyl/N-ethyl adjacent to an activating group) is 1. The van der Waals surface area contributed by atoms with Gasteiger partial charge in [0.05, 0.1) is 29.7 Å². The molecule has 0 radical (unpaired) electrons. The minimum Gasteiger partial charge on any atom is -0.306 e. The van der Waals surface area contributed by atoms with Gasteiger partial charge >= 0.3 is 16.2 Å². The van der Waals surface area contributed by atoms with E-state index in [2.05, 4.69) is 20.0 Å². The topological polar surface area (TPSA) is 99.6 Å².